The highest BCUT2D eigenvalue weighted by Gasteiger charge is 2.16. The number of nitrogens with zero attached hydrogens (tertiary/aromatic N) is 1. The average molecular weight is 333 g/mol. The SMILES string of the molecule is CCCCN(c1cccc(Cl)c1CBr)C(C)CC. The second kappa shape index (κ2) is 8.06. The molecule has 1 atom stereocenters. The molecule has 0 fully saturated rings. The Morgan fingerprint density at radius 1 is 1.33 bits per heavy atom. The molecule has 1 rings (SSSR count). The first-order chi connectivity index (χ1) is 8.65. The Kier molecular flexibility index (Phi) is 7.10. The highest BCUT2D eigenvalue weighted by molar-refractivity contribution is 9.08. The standard InChI is InChI=1S/C15H23BrClN/c1-4-6-10-18(12(3)5-2)15-9-7-8-14(17)13(15)11-16/h7-9,12H,4-6,10-11H2,1-3H3. The molecule has 1 unspecified atom stereocenters. The lowest BCUT2D eigenvalue weighted by atomic mass is 10.1. The molecule has 102 valence electrons. The van der Waals surface area contributed by atoms with E-state index in [1.54, 1.807) is 0 Å². The van der Waals surface area contributed by atoms with E-state index in [-0.39, 0.29) is 0 Å². The van der Waals surface area contributed by atoms with E-state index in [9.17, 15) is 0 Å². The number of unbranched alkanes of at least 4 members (excludes halogenated alkanes) is 1. The molecule has 1 aromatic carbocycles. The molecule has 0 aliphatic rings. The van der Waals surface area contributed by atoms with Crippen molar-refractivity contribution in [2.24, 2.45) is 0 Å². The Balaban J connectivity index is 3.07. The molecule has 0 N–H and O–H groups in total. The van der Waals surface area contributed by atoms with Crippen LogP contribution in [0.1, 0.15) is 45.6 Å². The van der Waals surface area contributed by atoms with Crippen molar-refractivity contribution in [2.45, 2.75) is 51.4 Å². The molecule has 0 heterocycles. The summed E-state index contributed by atoms with van der Waals surface area (Å²) in [6.07, 6.45) is 3.59. The van der Waals surface area contributed by atoms with E-state index >= 15 is 0 Å². The van der Waals surface area contributed by atoms with Crippen molar-refractivity contribution >= 4 is 33.2 Å². The second-order valence-corrected chi connectivity index (χ2v) is 5.64. The van der Waals surface area contributed by atoms with Crippen molar-refractivity contribution in [1.29, 1.82) is 0 Å². The number of rotatable bonds is 7. The van der Waals surface area contributed by atoms with Crippen LogP contribution in [-0.4, -0.2) is 12.6 Å². The molecule has 0 radical (unpaired) electrons. The van der Waals surface area contributed by atoms with E-state index in [1.165, 1.54) is 24.1 Å². The van der Waals surface area contributed by atoms with Gasteiger partial charge in [0.2, 0.25) is 0 Å². The molecular formula is C15H23BrClN. The van der Waals surface area contributed by atoms with Gasteiger partial charge in [-0.3, -0.25) is 0 Å². The summed E-state index contributed by atoms with van der Waals surface area (Å²) in [5, 5.41) is 1.66. The molecule has 0 saturated carbocycles. The molecule has 0 amide bonds. The van der Waals surface area contributed by atoms with E-state index in [4.69, 9.17) is 11.6 Å². The van der Waals surface area contributed by atoms with Gasteiger partial charge < -0.3 is 4.90 Å². The number of hydrogen-bond acceptors (Lipinski definition) is 1. The third kappa shape index (κ3) is 3.89. The summed E-state index contributed by atoms with van der Waals surface area (Å²) in [4.78, 5) is 2.49. The highest BCUT2D eigenvalue weighted by atomic mass is 79.9. The van der Waals surface area contributed by atoms with Gasteiger partial charge in [-0.25, -0.2) is 0 Å². The molecule has 3 heteroatoms. The first kappa shape index (κ1) is 15.8. The zero-order valence-electron chi connectivity index (χ0n) is 11.5. The summed E-state index contributed by atoms with van der Waals surface area (Å²) < 4.78 is 0. The molecule has 0 bridgehead atoms. The first-order valence-electron chi connectivity index (χ1n) is 6.75. The average Bonchev–Trinajstić information content (AvgIpc) is 2.39. The van der Waals surface area contributed by atoms with Crippen LogP contribution >= 0.6 is 27.5 Å². The van der Waals surface area contributed by atoms with Crippen molar-refractivity contribution in [3.63, 3.8) is 0 Å². The molecule has 1 nitrogen and oxygen atoms in total. The van der Waals surface area contributed by atoms with Gasteiger partial charge >= 0.3 is 0 Å². The summed E-state index contributed by atoms with van der Waals surface area (Å²) in [7, 11) is 0. The van der Waals surface area contributed by atoms with Gasteiger partial charge in [0, 0.05) is 34.2 Å². The quantitative estimate of drug-likeness (QED) is 0.584. The number of alkyl halides is 1. The molecule has 0 aliphatic heterocycles. The van der Waals surface area contributed by atoms with Gasteiger partial charge in [0.05, 0.1) is 0 Å². The van der Waals surface area contributed by atoms with Crippen LogP contribution in [-0.2, 0) is 5.33 Å². The Bertz CT molecular complexity index is 368. The predicted molar refractivity (Wildman–Crippen MR) is 86.1 cm³/mol. The van der Waals surface area contributed by atoms with Crippen LogP contribution in [0.25, 0.3) is 0 Å². The minimum absolute atomic E-state index is 0.549. The van der Waals surface area contributed by atoms with Gasteiger partial charge in [0.25, 0.3) is 0 Å². The van der Waals surface area contributed by atoms with Gasteiger partial charge in [0.15, 0.2) is 0 Å². The summed E-state index contributed by atoms with van der Waals surface area (Å²) in [6.45, 7) is 7.86. The van der Waals surface area contributed by atoms with E-state index in [0.717, 1.165) is 23.3 Å². The van der Waals surface area contributed by atoms with Crippen LogP contribution in [0.15, 0.2) is 18.2 Å². The number of hydrogen-bond donors (Lipinski definition) is 0. The smallest absolute Gasteiger partial charge is 0.0467 e. The Labute approximate surface area is 125 Å². The Hall–Kier alpha value is -0.210. The van der Waals surface area contributed by atoms with Crippen LogP contribution in [0.4, 0.5) is 5.69 Å². The predicted octanol–water partition coefficient (Wildman–Crippen LogP) is 5.64. The largest absolute Gasteiger partial charge is 0.369 e. The first-order valence-corrected chi connectivity index (χ1v) is 8.25. The second-order valence-electron chi connectivity index (χ2n) is 4.68. The van der Waals surface area contributed by atoms with Crippen LogP contribution < -0.4 is 4.90 Å². The minimum atomic E-state index is 0.549. The fourth-order valence-electron chi connectivity index (χ4n) is 2.08. The van der Waals surface area contributed by atoms with Gasteiger partial charge in [-0.05, 0) is 31.9 Å². The third-order valence-corrected chi connectivity index (χ3v) is 4.33. The fourth-order valence-corrected chi connectivity index (χ4v) is 3.06. The van der Waals surface area contributed by atoms with Gasteiger partial charge in [0.1, 0.15) is 0 Å². The van der Waals surface area contributed by atoms with Crippen LogP contribution in [0, 0.1) is 0 Å². The van der Waals surface area contributed by atoms with E-state index < -0.39 is 0 Å². The van der Waals surface area contributed by atoms with Crippen molar-refractivity contribution in [2.75, 3.05) is 11.4 Å². The van der Waals surface area contributed by atoms with Crippen molar-refractivity contribution in [3.05, 3.63) is 28.8 Å². The molecule has 0 saturated heterocycles. The maximum atomic E-state index is 6.30. The van der Waals surface area contributed by atoms with E-state index in [0.29, 0.717) is 6.04 Å². The lowest BCUT2D eigenvalue weighted by molar-refractivity contribution is 0.594. The Morgan fingerprint density at radius 2 is 2.06 bits per heavy atom. The summed E-state index contributed by atoms with van der Waals surface area (Å²) in [6, 6.07) is 6.75. The molecule has 0 aromatic heterocycles. The van der Waals surface area contributed by atoms with Crippen LogP contribution in [0.3, 0.4) is 0 Å². The van der Waals surface area contributed by atoms with E-state index in [1.807, 2.05) is 12.1 Å². The van der Waals surface area contributed by atoms with Crippen molar-refractivity contribution in [3.8, 4) is 0 Å². The van der Waals surface area contributed by atoms with Crippen molar-refractivity contribution in [1.82, 2.24) is 0 Å². The minimum Gasteiger partial charge on any atom is -0.369 e. The number of benzene rings is 1. The monoisotopic (exact) mass is 331 g/mol. The Morgan fingerprint density at radius 3 is 2.61 bits per heavy atom. The van der Waals surface area contributed by atoms with Crippen LogP contribution in [0.5, 0.6) is 0 Å². The third-order valence-electron chi connectivity index (χ3n) is 3.41. The number of anilines is 1. The number of halogens is 2. The topological polar surface area (TPSA) is 3.24 Å². The summed E-state index contributed by atoms with van der Waals surface area (Å²) >= 11 is 9.85. The lowest BCUT2D eigenvalue weighted by Gasteiger charge is -2.32. The van der Waals surface area contributed by atoms with Gasteiger partial charge in [-0.15, -0.1) is 0 Å². The zero-order chi connectivity index (χ0) is 13.5. The van der Waals surface area contributed by atoms with Crippen LogP contribution in [0.2, 0.25) is 5.02 Å². The molecule has 18 heavy (non-hydrogen) atoms. The van der Waals surface area contributed by atoms with Gasteiger partial charge in [-0.2, -0.15) is 0 Å². The lowest BCUT2D eigenvalue weighted by Crippen LogP contribution is -2.34. The van der Waals surface area contributed by atoms with E-state index in [2.05, 4.69) is 47.7 Å². The summed E-state index contributed by atoms with van der Waals surface area (Å²) in [5.41, 5.74) is 2.48. The molecule has 1 aromatic rings. The molecular weight excluding hydrogens is 310 g/mol. The highest BCUT2D eigenvalue weighted by Crippen LogP contribution is 2.31. The van der Waals surface area contributed by atoms with Gasteiger partial charge in [-0.1, -0.05) is 53.9 Å². The summed E-state index contributed by atoms with van der Waals surface area (Å²) in [5.74, 6) is 0. The molecule has 0 aliphatic carbocycles. The molecule has 0 spiro atoms. The maximum absolute atomic E-state index is 6.30. The zero-order valence-corrected chi connectivity index (χ0v) is 13.9. The fraction of sp³-hybridized carbons (Fsp3) is 0.600. The van der Waals surface area contributed by atoms with Crippen molar-refractivity contribution < 1.29 is 0 Å². The maximum Gasteiger partial charge on any atom is 0.0467 e. The normalized spacial score (nSPS) is 12.5.